The van der Waals surface area contributed by atoms with Crippen molar-refractivity contribution in [1.82, 2.24) is 15.1 Å². The Balaban J connectivity index is 1.39. The molecule has 4 nitrogen and oxygen atoms in total. The maximum Gasteiger partial charge on any atom is 0.142 e. The smallest absolute Gasteiger partial charge is 0.142 e. The van der Waals surface area contributed by atoms with Gasteiger partial charge in [0.15, 0.2) is 0 Å². The molecule has 3 aliphatic rings. The van der Waals surface area contributed by atoms with Crippen molar-refractivity contribution in [2.75, 3.05) is 45.9 Å². The van der Waals surface area contributed by atoms with E-state index in [0.29, 0.717) is 0 Å². The average molecular weight is 400 g/mol. The van der Waals surface area contributed by atoms with Crippen LogP contribution in [-0.2, 0) is 11.3 Å². The molecule has 5 heteroatoms. The van der Waals surface area contributed by atoms with Gasteiger partial charge < -0.3 is 10.1 Å². The van der Waals surface area contributed by atoms with Crippen molar-refractivity contribution in [3.05, 3.63) is 59.6 Å². The molecule has 0 aromatic heterocycles. The Morgan fingerprint density at radius 1 is 1.10 bits per heavy atom. The third-order valence-corrected chi connectivity index (χ3v) is 6.83. The first-order valence-electron chi connectivity index (χ1n) is 11.1. The molecular weight excluding hydrogens is 365 g/mol. The molecule has 2 fully saturated rings. The van der Waals surface area contributed by atoms with Crippen LogP contribution in [0.2, 0.25) is 0 Å². The average Bonchev–Trinajstić information content (AvgIpc) is 2.75. The van der Waals surface area contributed by atoms with Crippen LogP contribution < -0.4 is 5.32 Å². The van der Waals surface area contributed by atoms with Crippen LogP contribution >= 0.6 is 0 Å². The fourth-order valence-electron chi connectivity index (χ4n) is 4.92. The largest absolute Gasteiger partial charge is 0.384 e. The van der Waals surface area contributed by atoms with E-state index in [-0.39, 0.29) is 17.3 Å². The van der Waals surface area contributed by atoms with E-state index in [1.165, 1.54) is 5.56 Å². The van der Waals surface area contributed by atoms with Crippen LogP contribution in [0.15, 0.2) is 54.0 Å². The van der Waals surface area contributed by atoms with E-state index in [2.05, 4.69) is 52.4 Å². The third-order valence-electron chi connectivity index (χ3n) is 6.83. The number of halogens is 1. The van der Waals surface area contributed by atoms with Crippen molar-refractivity contribution < 1.29 is 9.13 Å². The molecule has 1 N–H and O–H groups in total. The maximum absolute atomic E-state index is 14.4. The van der Waals surface area contributed by atoms with Gasteiger partial charge in [0.05, 0.1) is 5.70 Å². The number of benzene rings is 1. The summed E-state index contributed by atoms with van der Waals surface area (Å²) in [4.78, 5) is 5.19. The van der Waals surface area contributed by atoms with E-state index in [9.17, 15) is 4.39 Å². The summed E-state index contributed by atoms with van der Waals surface area (Å²) >= 11 is 0. The quantitative estimate of drug-likeness (QED) is 0.789. The van der Waals surface area contributed by atoms with E-state index in [1.807, 2.05) is 6.08 Å². The second kappa shape index (κ2) is 9.41. The Labute approximate surface area is 174 Å². The number of ether oxygens (including phenoxy) is 1. The summed E-state index contributed by atoms with van der Waals surface area (Å²) in [6.45, 7) is 9.79. The Morgan fingerprint density at radius 2 is 1.83 bits per heavy atom. The summed E-state index contributed by atoms with van der Waals surface area (Å²) in [6, 6.07) is 10.7. The summed E-state index contributed by atoms with van der Waals surface area (Å²) in [7, 11) is 0. The lowest BCUT2D eigenvalue weighted by Gasteiger charge is -2.50. The normalized spacial score (nSPS) is 25.9. The molecule has 2 heterocycles. The minimum absolute atomic E-state index is 0.0608. The van der Waals surface area contributed by atoms with Crippen LogP contribution in [0.3, 0.4) is 0 Å². The molecule has 0 amide bonds. The number of hydrogen-bond donors (Lipinski definition) is 1. The standard InChI is InChI=1S/C24H34FN3O/c1-20-6-5-9-22(25)23(20)26-19-24(10-16-29-17-11-24)28-14-12-27(13-15-28)18-21-7-3-2-4-8-21/h2-5,7-9,20,26H,6,10-19H2,1H3. The van der Waals surface area contributed by atoms with Gasteiger partial charge in [0, 0.05) is 63.9 Å². The zero-order valence-corrected chi connectivity index (χ0v) is 17.6. The Hall–Kier alpha value is -1.69. The third kappa shape index (κ3) is 4.90. The second-order valence-corrected chi connectivity index (χ2v) is 8.74. The Morgan fingerprint density at radius 3 is 2.52 bits per heavy atom. The molecule has 4 rings (SSSR count). The molecule has 158 valence electrons. The molecule has 1 aliphatic carbocycles. The molecule has 0 bridgehead atoms. The summed E-state index contributed by atoms with van der Waals surface area (Å²) in [5.74, 6) is 0.123. The van der Waals surface area contributed by atoms with Crippen LogP contribution in [0.4, 0.5) is 4.39 Å². The fourth-order valence-corrected chi connectivity index (χ4v) is 4.92. The van der Waals surface area contributed by atoms with E-state index in [0.717, 1.165) is 77.4 Å². The molecular formula is C24H34FN3O. The minimum Gasteiger partial charge on any atom is -0.384 e. The first-order valence-corrected chi connectivity index (χ1v) is 11.1. The molecule has 2 saturated heterocycles. The van der Waals surface area contributed by atoms with Gasteiger partial charge in [-0.25, -0.2) is 4.39 Å². The number of nitrogens with zero attached hydrogens (tertiary/aromatic N) is 2. The number of hydrogen-bond acceptors (Lipinski definition) is 4. The van der Waals surface area contributed by atoms with Gasteiger partial charge in [-0.05, 0) is 30.9 Å². The number of piperazine rings is 1. The highest BCUT2D eigenvalue weighted by Gasteiger charge is 2.40. The van der Waals surface area contributed by atoms with E-state index in [1.54, 1.807) is 6.08 Å². The van der Waals surface area contributed by atoms with E-state index < -0.39 is 0 Å². The van der Waals surface area contributed by atoms with Crippen LogP contribution in [0.1, 0.15) is 31.7 Å². The van der Waals surface area contributed by atoms with E-state index in [4.69, 9.17) is 4.74 Å². The van der Waals surface area contributed by atoms with Crippen LogP contribution in [0.5, 0.6) is 0 Å². The highest BCUT2D eigenvalue weighted by atomic mass is 19.1. The van der Waals surface area contributed by atoms with Gasteiger partial charge in [-0.1, -0.05) is 43.3 Å². The van der Waals surface area contributed by atoms with Gasteiger partial charge in [-0.2, -0.15) is 0 Å². The minimum atomic E-state index is -0.0985. The van der Waals surface area contributed by atoms with Crippen molar-refractivity contribution >= 4 is 0 Å². The van der Waals surface area contributed by atoms with E-state index >= 15 is 0 Å². The van der Waals surface area contributed by atoms with Gasteiger partial charge in [0.2, 0.25) is 0 Å². The van der Waals surface area contributed by atoms with Gasteiger partial charge >= 0.3 is 0 Å². The van der Waals surface area contributed by atoms with Crippen molar-refractivity contribution in [3.63, 3.8) is 0 Å². The molecule has 0 saturated carbocycles. The predicted molar refractivity (Wildman–Crippen MR) is 115 cm³/mol. The van der Waals surface area contributed by atoms with Crippen molar-refractivity contribution in [2.45, 2.75) is 38.3 Å². The monoisotopic (exact) mass is 399 g/mol. The number of rotatable bonds is 6. The van der Waals surface area contributed by atoms with Crippen molar-refractivity contribution in [2.24, 2.45) is 5.92 Å². The SMILES string of the molecule is CC1CC=CC(F)=C1NCC1(N2CCN(Cc3ccccc3)CC2)CCOCC1. The second-order valence-electron chi connectivity index (χ2n) is 8.74. The summed E-state index contributed by atoms with van der Waals surface area (Å²) < 4.78 is 20.1. The predicted octanol–water partition coefficient (Wildman–Crippen LogP) is 3.72. The number of allylic oxidation sites excluding steroid dienone is 4. The molecule has 2 aliphatic heterocycles. The number of nitrogens with one attached hydrogen (secondary N) is 1. The summed E-state index contributed by atoms with van der Waals surface area (Å²) in [5.41, 5.74) is 2.22. The lowest BCUT2D eigenvalue weighted by atomic mass is 9.86. The van der Waals surface area contributed by atoms with Crippen LogP contribution in [0.25, 0.3) is 0 Å². The van der Waals surface area contributed by atoms with Gasteiger partial charge in [-0.15, -0.1) is 0 Å². The molecule has 1 atom stereocenters. The Bertz CT molecular complexity index is 719. The van der Waals surface area contributed by atoms with Crippen LogP contribution in [-0.4, -0.2) is 61.3 Å². The lowest BCUT2D eigenvalue weighted by molar-refractivity contribution is -0.0465. The summed E-state index contributed by atoms with van der Waals surface area (Å²) in [5, 5.41) is 3.52. The first kappa shape index (κ1) is 20.6. The highest BCUT2D eigenvalue weighted by Crippen LogP contribution is 2.31. The van der Waals surface area contributed by atoms with Crippen molar-refractivity contribution in [1.29, 1.82) is 0 Å². The summed E-state index contributed by atoms with van der Waals surface area (Å²) in [6.07, 6.45) is 6.47. The van der Waals surface area contributed by atoms with Gasteiger partial charge in [0.25, 0.3) is 0 Å². The fraction of sp³-hybridized carbons (Fsp3) is 0.583. The van der Waals surface area contributed by atoms with Gasteiger partial charge in [0.1, 0.15) is 5.83 Å². The Kier molecular flexibility index (Phi) is 6.68. The zero-order valence-electron chi connectivity index (χ0n) is 17.6. The lowest BCUT2D eigenvalue weighted by Crippen LogP contribution is -2.62. The zero-order chi connectivity index (χ0) is 20.1. The molecule has 1 unspecified atom stereocenters. The van der Waals surface area contributed by atoms with Crippen LogP contribution in [0, 0.1) is 5.92 Å². The molecule has 1 aromatic carbocycles. The molecule has 0 spiro atoms. The highest BCUT2D eigenvalue weighted by molar-refractivity contribution is 5.25. The topological polar surface area (TPSA) is 27.7 Å². The first-order chi connectivity index (χ1) is 14.2. The maximum atomic E-state index is 14.4. The van der Waals surface area contributed by atoms with Crippen molar-refractivity contribution in [3.8, 4) is 0 Å². The molecule has 29 heavy (non-hydrogen) atoms. The van der Waals surface area contributed by atoms with Gasteiger partial charge in [-0.3, -0.25) is 9.80 Å². The molecule has 1 aromatic rings. The molecule has 0 radical (unpaired) electrons.